The van der Waals surface area contributed by atoms with Gasteiger partial charge in [0, 0.05) is 0 Å². The molecule has 0 unspecified atom stereocenters. The second-order valence-electron chi connectivity index (χ2n) is 4.68. The normalized spacial score (nSPS) is 10.7. The Bertz CT molecular complexity index is 685. The van der Waals surface area contributed by atoms with E-state index in [2.05, 4.69) is 0 Å². The van der Waals surface area contributed by atoms with E-state index in [1.165, 1.54) is 0 Å². The zero-order chi connectivity index (χ0) is 16.8. The Morgan fingerprint density at radius 1 is 0.783 bits per heavy atom. The topological polar surface area (TPSA) is 36.9 Å². The molecule has 0 saturated carbocycles. The average molecular weight is 335 g/mol. The minimum absolute atomic E-state index is 0.564. The Balaban J connectivity index is 2.36. The van der Waals surface area contributed by atoms with E-state index in [0.29, 0.717) is 22.3 Å². The van der Waals surface area contributed by atoms with Crippen molar-refractivity contribution in [3.8, 4) is 23.0 Å². The lowest BCUT2D eigenvalue weighted by Crippen LogP contribution is -1.95. The molecule has 0 bridgehead atoms. The van der Waals surface area contributed by atoms with Gasteiger partial charge in [0.05, 0.1) is 33.5 Å². The molecule has 0 aromatic heterocycles. The second-order valence-corrected chi connectivity index (χ2v) is 5.09. The van der Waals surface area contributed by atoms with E-state index < -0.39 is 0 Å². The van der Waals surface area contributed by atoms with Gasteiger partial charge >= 0.3 is 0 Å². The molecule has 0 spiro atoms. The molecule has 0 fully saturated rings. The average Bonchev–Trinajstić information content (AvgIpc) is 2.59. The van der Waals surface area contributed by atoms with Crippen molar-refractivity contribution in [2.75, 3.05) is 28.4 Å². The van der Waals surface area contributed by atoms with E-state index in [9.17, 15) is 0 Å². The Labute approximate surface area is 141 Å². The van der Waals surface area contributed by atoms with Gasteiger partial charge in [-0.15, -0.1) is 0 Å². The van der Waals surface area contributed by atoms with Gasteiger partial charge in [0.1, 0.15) is 5.75 Å². The molecule has 5 heteroatoms. The van der Waals surface area contributed by atoms with E-state index in [1.807, 2.05) is 36.4 Å². The van der Waals surface area contributed by atoms with Gasteiger partial charge in [0.2, 0.25) is 5.75 Å². The zero-order valence-electron chi connectivity index (χ0n) is 13.6. The van der Waals surface area contributed by atoms with Crippen molar-refractivity contribution in [1.82, 2.24) is 0 Å². The minimum atomic E-state index is 0.564. The largest absolute Gasteiger partial charge is 0.497 e. The van der Waals surface area contributed by atoms with Crippen LogP contribution in [0.15, 0.2) is 30.3 Å². The molecule has 23 heavy (non-hydrogen) atoms. The van der Waals surface area contributed by atoms with Crippen LogP contribution < -0.4 is 18.9 Å². The summed E-state index contributed by atoms with van der Waals surface area (Å²) in [6.45, 7) is 0. The first kappa shape index (κ1) is 17.0. The van der Waals surface area contributed by atoms with Gasteiger partial charge in [-0.1, -0.05) is 23.8 Å². The summed E-state index contributed by atoms with van der Waals surface area (Å²) >= 11 is 6.24. The Morgan fingerprint density at radius 3 is 1.91 bits per heavy atom. The number of rotatable bonds is 6. The van der Waals surface area contributed by atoms with Gasteiger partial charge in [0.25, 0.3) is 0 Å². The van der Waals surface area contributed by atoms with Gasteiger partial charge in [-0.25, -0.2) is 0 Å². The highest BCUT2D eigenvalue weighted by Crippen LogP contribution is 2.38. The quantitative estimate of drug-likeness (QED) is 0.726. The fourth-order valence-corrected chi connectivity index (χ4v) is 2.39. The summed E-state index contributed by atoms with van der Waals surface area (Å²) in [7, 11) is 6.36. The third-order valence-corrected chi connectivity index (χ3v) is 3.68. The minimum Gasteiger partial charge on any atom is -0.497 e. The Morgan fingerprint density at radius 2 is 1.43 bits per heavy atom. The molecule has 0 heterocycles. The van der Waals surface area contributed by atoms with E-state index in [4.69, 9.17) is 30.5 Å². The molecule has 2 rings (SSSR count). The first-order chi connectivity index (χ1) is 11.1. The number of methoxy groups -OCH3 is 4. The van der Waals surface area contributed by atoms with Gasteiger partial charge in [0.15, 0.2) is 11.5 Å². The van der Waals surface area contributed by atoms with Gasteiger partial charge in [-0.3, -0.25) is 0 Å². The molecule has 122 valence electrons. The summed E-state index contributed by atoms with van der Waals surface area (Å²) in [6.07, 6.45) is 3.85. The summed E-state index contributed by atoms with van der Waals surface area (Å²) in [6, 6.07) is 9.28. The standard InChI is InChI=1S/C18H19ClO4/c1-20-14-8-7-13(15(19)11-14)6-5-12-9-16(21-2)18(23-4)17(10-12)22-3/h5-11H,1-4H3. The summed E-state index contributed by atoms with van der Waals surface area (Å²) < 4.78 is 21.1. The van der Waals surface area contributed by atoms with Crippen molar-refractivity contribution in [2.24, 2.45) is 0 Å². The first-order valence-corrected chi connectivity index (χ1v) is 7.32. The summed E-state index contributed by atoms with van der Waals surface area (Å²) in [5.41, 5.74) is 1.80. The van der Waals surface area contributed by atoms with Crippen LogP contribution in [0.25, 0.3) is 12.2 Å². The SMILES string of the molecule is COc1ccc(C=Cc2cc(OC)c(OC)c(OC)c2)c(Cl)c1. The van der Waals surface area contributed by atoms with Crippen molar-refractivity contribution < 1.29 is 18.9 Å². The molecule has 4 nitrogen and oxygen atoms in total. The number of halogens is 1. The highest BCUT2D eigenvalue weighted by atomic mass is 35.5. The van der Waals surface area contributed by atoms with Crippen molar-refractivity contribution in [2.45, 2.75) is 0 Å². The van der Waals surface area contributed by atoms with Crippen LogP contribution in [0.1, 0.15) is 11.1 Å². The maximum atomic E-state index is 6.24. The van der Waals surface area contributed by atoms with Crippen molar-refractivity contribution >= 4 is 23.8 Å². The molecule has 0 aliphatic carbocycles. The molecule has 0 aliphatic heterocycles. The van der Waals surface area contributed by atoms with E-state index in [1.54, 1.807) is 34.5 Å². The van der Waals surface area contributed by atoms with Crippen molar-refractivity contribution in [1.29, 1.82) is 0 Å². The monoisotopic (exact) mass is 334 g/mol. The number of hydrogen-bond donors (Lipinski definition) is 0. The summed E-state index contributed by atoms with van der Waals surface area (Å²) in [5, 5.41) is 0.619. The molecule has 0 atom stereocenters. The maximum absolute atomic E-state index is 6.24. The molecule has 0 saturated heterocycles. The van der Waals surface area contributed by atoms with Crippen LogP contribution in [0.5, 0.6) is 23.0 Å². The lowest BCUT2D eigenvalue weighted by Gasteiger charge is -2.12. The third kappa shape index (κ3) is 3.90. The fourth-order valence-electron chi connectivity index (χ4n) is 2.15. The van der Waals surface area contributed by atoms with Gasteiger partial charge < -0.3 is 18.9 Å². The van der Waals surface area contributed by atoms with Gasteiger partial charge in [-0.2, -0.15) is 0 Å². The predicted molar refractivity (Wildman–Crippen MR) is 93.0 cm³/mol. The predicted octanol–water partition coefficient (Wildman–Crippen LogP) is 4.54. The van der Waals surface area contributed by atoms with Crippen molar-refractivity contribution in [3.63, 3.8) is 0 Å². The number of hydrogen-bond acceptors (Lipinski definition) is 4. The smallest absolute Gasteiger partial charge is 0.203 e. The molecule has 0 amide bonds. The second kappa shape index (κ2) is 7.79. The van der Waals surface area contributed by atoms with Crippen LogP contribution in [0.2, 0.25) is 5.02 Å². The summed E-state index contributed by atoms with van der Waals surface area (Å²) in [5.74, 6) is 2.49. The highest BCUT2D eigenvalue weighted by molar-refractivity contribution is 6.32. The van der Waals surface area contributed by atoms with E-state index in [-0.39, 0.29) is 0 Å². The zero-order valence-corrected chi connectivity index (χ0v) is 14.3. The number of benzene rings is 2. The summed E-state index contributed by atoms with van der Waals surface area (Å²) in [4.78, 5) is 0. The van der Waals surface area contributed by atoms with Crippen LogP contribution >= 0.6 is 11.6 Å². The van der Waals surface area contributed by atoms with Crippen molar-refractivity contribution in [3.05, 3.63) is 46.5 Å². The molecule has 2 aromatic rings. The van der Waals surface area contributed by atoms with Crippen LogP contribution in [0.3, 0.4) is 0 Å². The lowest BCUT2D eigenvalue weighted by atomic mass is 10.1. The maximum Gasteiger partial charge on any atom is 0.203 e. The first-order valence-electron chi connectivity index (χ1n) is 6.94. The number of ether oxygens (including phenoxy) is 4. The molecule has 0 aliphatic rings. The molecular weight excluding hydrogens is 316 g/mol. The van der Waals surface area contributed by atoms with E-state index >= 15 is 0 Å². The Hall–Kier alpha value is -2.33. The molecule has 2 aromatic carbocycles. The highest BCUT2D eigenvalue weighted by Gasteiger charge is 2.12. The fraction of sp³-hybridized carbons (Fsp3) is 0.222. The van der Waals surface area contributed by atoms with Gasteiger partial charge in [-0.05, 0) is 41.5 Å². The van der Waals surface area contributed by atoms with Crippen LogP contribution in [0.4, 0.5) is 0 Å². The molecule has 0 radical (unpaired) electrons. The lowest BCUT2D eigenvalue weighted by molar-refractivity contribution is 0.324. The Kier molecular flexibility index (Phi) is 5.77. The third-order valence-electron chi connectivity index (χ3n) is 3.35. The van der Waals surface area contributed by atoms with E-state index in [0.717, 1.165) is 16.9 Å². The molecule has 0 N–H and O–H groups in total. The molecular formula is C18H19ClO4. The van der Waals surface area contributed by atoms with Crippen LogP contribution in [-0.2, 0) is 0 Å². The van der Waals surface area contributed by atoms with Crippen LogP contribution in [0, 0.1) is 0 Å². The van der Waals surface area contributed by atoms with Crippen LogP contribution in [-0.4, -0.2) is 28.4 Å².